The molecule has 4 atom stereocenters. The summed E-state index contributed by atoms with van der Waals surface area (Å²) in [5, 5.41) is 24.9. The lowest BCUT2D eigenvalue weighted by Crippen LogP contribution is -2.47. The van der Waals surface area contributed by atoms with E-state index >= 15 is 0 Å². The second kappa shape index (κ2) is 5.48. The van der Waals surface area contributed by atoms with Crippen LogP contribution >= 0.6 is 0 Å². The number of carbonyl (C=O) groups is 1. The number of nitrogens with one attached hydrogen (secondary N) is 2. The van der Waals surface area contributed by atoms with Gasteiger partial charge >= 0.3 is 0 Å². The maximum atomic E-state index is 11.9. The van der Waals surface area contributed by atoms with Crippen molar-refractivity contribution >= 4 is 5.91 Å². The van der Waals surface area contributed by atoms with Gasteiger partial charge in [-0.05, 0) is 12.5 Å². The van der Waals surface area contributed by atoms with Crippen molar-refractivity contribution in [1.82, 2.24) is 10.6 Å². The fraction of sp³-hybridized carbons (Fsp3) is 0.462. The number of aliphatic hydroxyl groups excluding tert-OH is 2. The van der Waals surface area contributed by atoms with Crippen LogP contribution in [0.5, 0.6) is 0 Å². The minimum absolute atomic E-state index is 0.285. The Kier molecular flexibility index (Phi) is 3.96. The zero-order valence-electron chi connectivity index (χ0n) is 10.2. The van der Waals surface area contributed by atoms with E-state index < -0.39 is 18.2 Å². The number of aliphatic hydroxyl groups is 2. The molecule has 1 amide bonds. The van der Waals surface area contributed by atoms with Crippen molar-refractivity contribution in [2.24, 2.45) is 0 Å². The Morgan fingerprint density at radius 2 is 1.94 bits per heavy atom. The molecule has 4 N–H and O–H groups in total. The Balaban J connectivity index is 1.89. The molecule has 98 valence electrons. The van der Waals surface area contributed by atoms with Crippen molar-refractivity contribution in [3.8, 4) is 0 Å². The molecule has 2 rings (SSSR count). The summed E-state index contributed by atoms with van der Waals surface area (Å²) in [6.07, 6.45) is -1.96. The van der Waals surface area contributed by atoms with E-state index in [2.05, 4.69) is 10.6 Å². The lowest BCUT2D eigenvalue weighted by Gasteiger charge is -2.15. The minimum Gasteiger partial charge on any atom is -0.389 e. The zero-order valence-corrected chi connectivity index (χ0v) is 10.2. The Morgan fingerprint density at radius 3 is 2.50 bits per heavy atom. The third kappa shape index (κ3) is 2.69. The smallest absolute Gasteiger partial charge is 0.240 e. The number of hydrogen-bond donors (Lipinski definition) is 4. The first kappa shape index (κ1) is 13.0. The summed E-state index contributed by atoms with van der Waals surface area (Å²) < 4.78 is 0. The third-order valence-corrected chi connectivity index (χ3v) is 3.24. The van der Waals surface area contributed by atoms with Gasteiger partial charge < -0.3 is 15.5 Å². The molecule has 1 fully saturated rings. The van der Waals surface area contributed by atoms with Crippen LogP contribution in [0.25, 0.3) is 0 Å². The Hall–Kier alpha value is -1.43. The van der Waals surface area contributed by atoms with Gasteiger partial charge in [0.25, 0.3) is 0 Å². The molecule has 1 aliphatic rings. The molecule has 5 nitrogen and oxygen atoms in total. The minimum atomic E-state index is -1.06. The molecule has 0 bridgehead atoms. The van der Waals surface area contributed by atoms with Crippen molar-refractivity contribution in [3.63, 3.8) is 0 Å². The van der Waals surface area contributed by atoms with Gasteiger partial charge in [-0.15, -0.1) is 0 Å². The molecular formula is C13H18N2O3. The van der Waals surface area contributed by atoms with Crippen LogP contribution in [0.3, 0.4) is 0 Å². The van der Waals surface area contributed by atoms with Gasteiger partial charge in [0.2, 0.25) is 5.91 Å². The number of rotatable bonds is 3. The average molecular weight is 250 g/mol. The lowest BCUT2D eigenvalue weighted by atomic mass is 10.1. The normalized spacial score (nSPS) is 31.3. The van der Waals surface area contributed by atoms with Gasteiger partial charge in [-0.1, -0.05) is 30.3 Å². The first-order valence-electron chi connectivity index (χ1n) is 6.03. The van der Waals surface area contributed by atoms with Crippen LogP contribution in [0.2, 0.25) is 0 Å². The Morgan fingerprint density at radius 1 is 1.28 bits per heavy atom. The largest absolute Gasteiger partial charge is 0.389 e. The highest BCUT2D eigenvalue weighted by Crippen LogP contribution is 2.14. The molecule has 0 radical (unpaired) electrons. The Labute approximate surface area is 106 Å². The van der Waals surface area contributed by atoms with Gasteiger partial charge in [-0.25, -0.2) is 0 Å². The number of carbonyl (C=O) groups excluding carboxylic acids is 1. The van der Waals surface area contributed by atoms with E-state index in [1.54, 1.807) is 6.92 Å². The SMILES string of the molecule is C[C@@H]1N[C@@H](C(=O)NCc2ccccc2)[C@H](O)[C@@H]1O. The molecule has 0 unspecified atom stereocenters. The van der Waals surface area contributed by atoms with Crippen molar-refractivity contribution < 1.29 is 15.0 Å². The first-order chi connectivity index (χ1) is 8.59. The molecule has 18 heavy (non-hydrogen) atoms. The predicted molar refractivity (Wildman–Crippen MR) is 66.7 cm³/mol. The molecule has 1 aliphatic heterocycles. The van der Waals surface area contributed by atoms with E-state index in [9.17, 15) is 15.0 Å². The van der Waals surface area contributed by atoms with Crippen LogP contribution in [0.1, 0.15) is 12.5 Å². The van der Waals surface area contributed by atoms with Crippen LogP contribution in [0.4, 0.5) is 0 Å². The molecule has 5 heteroatoms. The van der Waals surface area contributed by atoms with Crippen LogP contribution in [-0.2, 0) is 11.3 Å². The average Bonchev–Trinajstić information content (AvgIpc) is 2.65. The molecule has 1 heterocycles. The van der Waals surface area contributed by atoms with Crippen molar-refractivity contribution in [1.29, 1.82) is 0 Å². The van der Waals surface area contributed by atoms with E-state index in [4.69, 9.17) is 0 Å². The predicted octanol–water partition coefficient (Wildman–Crippen LogP) is -0.615. The molecule has 0 spiro atoms. The van der Waals surface area contributed by atoms with Gasteiger partial charge in [0, 0.05) is 12.6 Å². The summed E-state index contributed by atoms with van der Waals surface area (Å²) >= 11 is 0. The standard InChI is InChI=1S/C13H18N2O3/c1-8-11(16)12(17)10(15-8)13(18)14-7-9-5-3-2-4-6-9/h2-6,8,10-12,15-17H,7H2,1H3,(H,14,18)/t8-,10+,11+,12-/m0/s1. The van der Waals surface area contributed by atoms with Gasteiger partial charge in [0.05, 0.1) is 6.10 Å². The number of amides is 1. The van der Waals surface area contributed by atoms with Gasteiger partial charge in [-0.3, -0.25) is 10.1 Å². The van der Waals surface area contributed by atoms with Crippen LogP contribution in [0, 0.1) is 0 Å². The molecule has 1 aromatic carbocycles. The zero-order chi connectivity index (χ0) is 13.1. The highest BCUT2D eigenvalue weighted by Gasteiger charge is 2.42. The topological polar surface area (TPSA) is 81.6 Å². The molecule has 1 saturated heterocycles. The summed E-state index contributed by atoms with van der Waals surface area (Å²) in [5.41, 5.74) is 0.993. The fourth-order valence-corrected chi connectivity index (χ4v) is 2.10. The molecular weight excluding hydrogens is 232 g/mol. The molecule has 0 saturated carbocycles. The molecule has 1 aromatic rings. The van der Waals surface area contributed by atoms with Crippen LogP contribution in [0.15, 0.2) is 30.3 Å². The van der Waals surface area contributed by atoms with E-state index in [-0.39, 0.29) is 11.9 Å². The summed E-state index contributed by atoms with van der Waals surface area (Å²) in [6, 6.07) is 8.50. The van der Waals surface area contributed by atoms with Gasteiger partial charge in [0.1, 0.15) is 12.1 Å². The van der Waals surface area contributed by atoms with Crippen LogP contribution < -0.4 is 10.6 Å². The Bertz CT molecular complexity index is 410. The van der Waals surface area contributed by atoms with E-state index in [1.807, 2.05) is 30.3 Å². The van der Waals surface area contributed by atoms with Crippen molar-refractivity contribution in [3.05, 3.63) is 35.9 Å². The second-order valence-corrected chi connectivity index (χ2v) is 4.62. The summed E-state index contributed by atoms with van der Waals surface area (Å²) in [7, 11) is 0. The van der Waals surface area contributed by atoms with Crippen molar-refractivity contribution in [2.75, 3.05) is 0 Å². The first-order valence-corrected chi connectivity index (χ1v) is 6.03. The third-order valence-electron chi connectivity index (χ3n) is 3.24. The maximum absolute atomic E-state index is 11.9. The van der Waals surface area contributed by atoms with Crippen LogP contribution in [-0.4, -0.2) is 40.4 Å². The van der Waals surface area contributed by atoms with Crippen molar-refractivity contribution in [2.45, 2.75) is 37.8 Å². The van der Waals surface area contributed by atoms with E-state index in [1.165, 1.54) is 0 Å². The number of benzene rings is 1. The molecule has 0 aromatic heterocycles. The van der Waals surface area contributed by atoms with E-state index in [0.717, 1.165) is 5.56 Å². The lowest BCUT2D eigenvalue weighted by molar-refractivity contribution is -0.125. The fourth-order valence-electron chi connectivity index (χ4n) is 2.10. The maximum Gasteiger partial charge on any atom is 0.240 e. The van der Waals surface area contributed by atoms with Gasteiger partial charge in [-0.2, -0.15) is 0 Å². The monoisotopic (exact) mass is 250 g/mol. The highest BCUT2D eigenvalue weighted by molar-refractivity contribution is 5.83. The summed E-state index contributed by atoms with van der Waals surface area (Å²) in [5.74, 6) is -0.297. The number of hydrogen-bond acceptors (Lipinski definition) is 4. The summed E-state index contributed by atoms with van der Waals surface area (Å²) in [4.78, 5) is 11.9. The van der Waals surface area contributed by atoms with Gasteiger partial charge in [0.15, 0.2) is 0 Å². The summed E-state index contributed by atoms with van der Waals surface area (Å²) in [6.45, 7) is 2.15. The highest BCUT2D eigenvalue weighted by atomic mass is 16.3. The molecule has 0 aliphatic carbocycles. The second-order valence-electron chi connectivity index (χ2n) is 4.62. The van der Waals surface area contributed by atoms with E-state index in [0.29, 0.717) is 6.54 Å². The quantitative estimate of drug-likeness (QED) is 0.576.